The molecule has 1 fully saturated rings. The van der Waals surface area contributed by atoms with Gasteiger partial charge in [-0.05, 0) is 50.5 Å². The highest BCUT2D eigenvalue weighted by atomic mass is 16.4. The van der Waals surface area contributed by atoms with Gasteiger partial charge in [-0.3, -0.25) is 4.90 Å². The Morgan fingerprint density at radius 3 is 2.69 bits per heavy atom. The van der Waals surface area contributed by atoms with Crippen LogP contribution >= 0.6 is 0 Å². The van der Waals surface area contributed by atoms with E-state index in [4.69, 9.17) is 11.5 Å². The number of amides is 1. The van der Waals surface area contributed by atoms with Gasteiger partial charge in [0.1, 0.15) is 0 Å². The first kappa shape index (κ1) is 18.8. The van der Waals surface area contributed by atoms with E-state index in [1.807, 2.05) is 39.1 Å². The molecular formula is C19H31N5O2. The largest absolute Gasteiger partial charge is 0.465 e. The minimum absolute atomic E-state index is 0.0949. The van der Waals surface area contributed by atoms with Gasteiger partial charge >= 0.3 is 6.09 Å². The number of carbonyl (C=O) groups is 1. The summed E-state index contributed by atoms with van der Waals surface area (Å²) in [5, 5.41) is 14.2. The third-order valence-electron chi connectivity index (χ3n) is 5.70. The lowest BCUT2D eigenvalue weighted by Gasteiger charge is -2.47. The lowest BCUT2D eigenvalue weighted by atomic mass is 9.87. The topological polar surface area (TPSA) is 99.1 Å². The normalized spacial score (nSPS) is 23.8. The van der Waals surface area contributed by atoms with Crippen molar-refractivity contribution in [3.8, 4) is 0 Å². The number of hydrazine groups is 1. The van der Waals surface area contributed by atoms with Crippen molar-refractivity contribution < 1.29 is 9.90 Å². The first-order chi connectivity index (χ1) is 12.2. The third kappa shape index (κ3) is 3.46. The number of nitrogens with two attached hydrogens (primary N) is 2. The molecule has 1 aromatic carbocycles. The van der Waals surface area contributed by atoms with Crippen molar-refractivity contribution in [2.75, 3.05) is 24.3 Å². The van der Waals surface area contributed by atoms with Gasteiger partial charge in [0.2, 0.25) is 0 Å². The van der Waals surface area contributed by atoms with Crippen LogP contribution in [0.25, 0.3) is 0 Å². The summed E-state index contributed by atoms with van der Waals surface area (Å²) in [5.74, 6) is 0. The van der Waals surface area contributed by atoms with Gasteiger partial charge in [-0.2, -0.15) is 0 Å². The predicted octanol–water partition coefficient (Wildman–Crippen LogP) is 2.46. The Morgan fingerprint density at radius 1 is 1.35 bits per heavy atom. The molecule has 2 atom stereocenters. The fourth-order valence-electron chi connectivity index (χ4n) is 4.46. The zero-order valence-electron chi connectivity index (χ0n) is 16.0. The van der Waals surface area contributed by atoms with Crippen LogP contribution in [-0.4, -0.2) is 52.3 Å². The molecular weight excluding hydrogens is 330 g/mol. The summed E-state index contributed by atoms with van der Waals surface area (Å²) in [6.45, 7) is 5.32. The van der Waals surface area contributed by atoms with Crippen LogP contribution in [0.4, 0.5) is 16.2 Å². The van der Waals surface area contributed by atoms with Crippen LogP contribution in [0.5, 0.6) is 0 Å². The number of rotatable bonds is 4. The zero-order chi connectivity index (χ0) is 19.1. The maximum atomic E-state index is 12.2. The first-order valence-corrected chi connectivity index (χ1v) is 9.35. The van der Waals surface area contributed by atoms with Crippen LogP contribution in [0.2, 0.25) is 0 Å². The third-order valence-corrected chi connectivity index (χ3v) is 5.70. The Morgan fingerprint density at radius 2 is 2.04 bits per heavy atom. The highest BCUT2D eigenvalue weighted by Gasteiger charge is 2.42. The van der Waals surface area contributed by atoms with E-state index in [-0.39, 0.29) is 12.1 Å². The van der Waals surface area contributed by atoms with Crippen molar-refractivity contribution in [3.63, 3.8) is 0 Å². The number of fused-ring (bicyclic) bond motifs is 1. The van der Waals surface area contributed by atoms with E-state index in [2.05, 4.69) is 10.0 Å². The molecule has 1 aromatic rings. The summed E-state index contributed by atoms with van der Waals surface area (Å²) in [4.78, 5) is 13.8. The smallest absolute Gasteiger partial charge is 0.408 e. The monoisotopic (exact) mass is 361 g/mol. The summed E-state index contributed by atoms with van der Waals surface area (Å²) in [7, 11) is 2.02. The second kappa shape index (κ2) is 6.96. The number of hydrogen-bond donors (Lipinski definition) is 3. The molecule has 0 unspecified atom stereocenters. The summed E-state index contributed by atoms with van der Waals surface area (Å²) in [6, 6.07) is 5.67. The number of anilines is 2. The Hall–Kier alpha value is -1.99. The standard InChI is InChI=1S/C19H31N5O2/c1-19(2,24(18(25)26)17-7-5-4-6-15(17)21)12-23-16-9-8-14(20)10-13(16)11-22(23)3/h8-10,15,17H,4-7,11-12,20-21H2,1-3H3,(H,25,26)/t15-,17+/m1/s1. The van der Waals surface area contributed by atoms with Gasteiger partial charge in [-0.1, -0.05) is 12.8 Å². The number of carboxylic acid groups (broad SMARTS) is 1. The van der Waals surface area contributed by atoms with Gasteiger partial charge in [-0.15, -0.1) is 0 Å². The van der Waals surface area contributed by atoms with Gasteiger partial charge < -0.3 is 21.6 Å². The summed E-state index contributed by atoms with van der Waals surface area (Å²) in [6.07, 6.45) is 2.94. The van der Waals surface area contributed by atoms with E-state index in [1.54, 1.807) is 4.90 Å². The van der Waals surface area contributed by atoms with Gasteiger partial charge in [0.05, 0.1) is 23.8 Å². The maximum Gasteiger partial charge on any atom is 0.408 e. The summed E-state index contributed by atoms with van der Waals surface area (Å²) < 4.78 is 0. The van der Waals surface area contributed by atoms with Gasteiger partial charge in [-0.25, -0.2) is 9.80 Å². The summed E-state index contributed by atoms with van der Waals surface area (Å²) >= 11 is 0. The molecule has 7 heteroatoms. The van der Waals surface area contributed by atoms with E-state index in [1.165, 1.54) is 5.56 Å². The quantitative estimate of drug-likeness (QED) is 0.713. The molecule has 0 bridgehead atoms. The molecule has 1 aliphatic carbocycles. The molecule has 3 rings (SSSR count). The Kier molecular flexibility index (Phi) is 5.03. The van der Waals surface area contributed by atoms with Crippen molar-refractivity contribution in [1.82, 2.24) is 9.91 Å². The van der Waals surface area contributed by atoms with Crippen LogP contribution in [0.1, 0.15) is 45.1 Å². The van der Waals surface area contributed by atoms with Crippen molar-refractivity contribution in [2.45, 2.75) is 63.7 Å². The number of hydrogen-bond acceptors (Lipinski definition) is 5. The number of nitrogens with zero attached hydrogens (tertiary/aromatic N) is 3. The second-order valence-corrected chi connectivity index (χ2v) is 8.24. The van der Waals surface area contributed by atoms with Crippen molar-refractivity contribution in [1.29, 1.82) is 0 Å². The number of nitrogen functional groups attached to an aromatic ring is 1. The predicted molar refractivity (Wildman–Crippen MR) is 104 cm³/mol. The molecule has 7 nitrogen and oxygen atoms in total. The molecule has 0 saturated heterocycles. The van der Waals surface area contributed by atoms with E-state index >= 15 is 0 Å². The summed E-state index contributed by atoms with van der Waals surface area (Å²) in [5.41, 5.74) is 14.6. The van der Waals surface area contributed by atoms with E-state index < -0.39 is 11.6 Å². The maximum absolute atomic E-state index is 12.2. The van der Waals surface area contributed by atoms with Crippen LogP contribution in [-0.2, 0) is 6.54 Å². The van der Waals surface area contributed by atoms with Crippen molar-refractivity contribution in [3.05, 3.63) is 23.8 Å². The molecule has 144 valence electrons. The van der Waals surface area contributed by atoms with Gasteiger partial charge in [0.15, 0.2) is 0 Å². The lowest BCUT2D eigenvalue weighted by Crippen LogP contribution is -2.63. The Bertz CT molecular complexity index is 678. The molecule has 1 aliphatic heterocycles. The van der Waals surface area contributed by atoms with E-state index in [0.717, 1.165) is 43.6 Å². The average molecular weight is 361 g/mol. The van der Waals surface area contributed by atoms with Crippen LogP contribution in [0, 0.1) is 0 Å². The molecule has 2 aliphatic rings. The van der Waals surface area contributed by atoms with Gasteiger partial charge in [0, 0.05) is 25.3 Å². The molecule has 1 heterocycles. The van der Waals surface area contributed by atoms with Crippen LogP contribution in [0.3, 0.4) is 0 Å². The van der Waals surface area contributed by atoms with Crippen LogP contribution < -0.4 is 16.5 Å². The van der Waals surface area contributed by atoms with Gasteiger partial charge in [0.25, 0.3) is 0 Å². The molecule has 0 radical (unpaired) electrons. The fraction of sp³-hybridized carbons (Fsp3) is 0.632. The van der Waals surface area contributed by atoms with E-state index in [0.29, 0.717) is 6.54 Å². The molecule has 0 aromatic heterocycles. The Balaban J connectivity index is 1.86. The van der Waals surface area contributed by atoms with Crippen molar-refractivity contribution >= 4 is 17.5 Å². The molecule has 26 heavy (non-hydrogen) atoms. The minimum Gasteiger partial charge on any atom is -0.465 e. The zero-order valence-corrected chi connectivity index (χ0v) is 16.0. The van der Waals surface area contributed by atoms with Crippen molar-refractivity contribution in [2.24, 2.45) is 5.73 Å². The molecule has 5 N–H and O–H groups in total. The highest BCUT2D eigenvalue weighted by molar-refractivity contribution is 5.67. The Labute approximate surface area is 155 Å². The highest BCUT2D eigenvalue weighted by Crippen LogP contribution is 2.35. The number of benzene rings is 1. The SMILES string of the molecule is CN1Cc2cc(N)ccc2N1CC(C)(C)N(C(=O)O)[C@H]1CCCC[C@H]1N. The van der Waals surface area contributed by atoms with Crippen LogP contribution in [0.15, 0.2) is 18.2 Å². The van der Waals surface area contributed by atoms with E-state index in [9.17, 15) is 9.90 Å². The fourth-order valence-corrected chi connectivity index (χ4v) is 4.46. The first-order valence-electron chi connectivity index (χ1n) is 9.35. The average Bonchev–Trinajstić information content (AvgIpc) is 2.83. The lowest BCUT2D eigenvalue weighted by molar-refractivity contribution is 0.0392. The second-order valence-electron chi connectivity index (χ2n) is 8.24. The molecule has 0 spiro atoms. The molecule has 1 saturated carbocycles. The molecule has 1 amide bonds. The minimum atomic E-state index is -0.892.